The van der Waals surface area contributed by atoms with Gasteiger partial charge >= 0.3 is 0 Å². The number of nitrogens with zero attached hydrogens (tertiary/aromatic N) is 1. The van der Waals surface area contributed by atoms with Crippen LogP contribution in [0.4, 0.5) is 0 Å². The van der Waals surface area contributed by atoms with Crippen LogP contribution in [0.2, 0.25) is 0 Å². The first kappa shape index (κ1) is 14.5. The molecule has 20 heavy (non-hydrogen) atoms. The van der Waals surface area contributed by atoms with Gasteiger partial charge in [-0.3, -0.25) is 9.59 Å². The van der Waals surface area contributed by atoms with Gasteiger partial charge in [0.15, 0.2) is 0 Å². The Labute approximate surface area is 118 Å². The SMILES string of the molecule is NCCc1cccc(C(=O)N2CCCC(C(N)=O)C2)c1. The summed E-state index contributed by atoms with van der Waals surface area (Å²) in [4.78, 5) is 25.5. The van der Waals surface area contributed by atoms with E-state index >= 15 is 0 Å². The zero-order chi connectivity index (χ0) is 14.5. The second-order valence-corrected chi connectivity index (χ2v) is 5.23. The molecule has 0 bridgehead atoms. The molecule has 2 amide bonds. The lowest BCUT2D eigenvalue weighted by molar-refractivity contribution is -0.123. The van der Waals surface area contributed by atoms with E-state index in [1.807, 2.05) is 18.2 Å². The number of hydrogen-bond donors (Lipinski definition) is 2. The molecule has 1 aromatic carbocycles. The highest BCUT2D eigenvalue weighted by atomic mass is 16.2. The largest absolute Gasteiger partial charge is 0.369 e. The normalized spacial score (nSPS) is 18.9. The first-order valence-electron chi connectivity index (χ1n) is 6.99. The molecule has 5 nitrogen and oxygen atoms in total. The van der Waals surface area contributed by atoms with E-state index in [1.54, 1.807) is 11.0 Å². The molecular weight excluding hydrogens is 254 g/mol. The van der Waals surface area contributed by atoms with Crippen LogP contribution in [0.25, 0.3) is 0 Å². The Morgan fingerprint density at radius 1 is 1.35 bits per heavy atom. The lowest BCUT2D eigenvalue weighted by Gasteiger charge is -2.31. The van der Waals surface area contributed by atoms with Gasteiger partial charge in [0.05, 0.1) is 5.92 Å². The molecule has 0 aliphatic carbocycles. The Hall–Kier alpha value is -1.88. The molecule has 0 spiro atoms. The average molecular weight is 275 g/mol. The molecule has 108 valence electrons. The molecule has 1 aromatic rings. The number of rotatable bonds is 4. The quantitative estimate of drug-likeness (QED) is 0.839. The summed E-state index contributed by atoms with van der Waals surface area (Å²) in [6.07, 6.45) is 2.35. The smallest absolute Gasteiger partial charge is 0.253 e. The van der Waals surface area contributed by atoms with Crippen molar-refractivity contribution in [1.82, 2.24) is 4.90 Å². The van der Waals surface area contributed by atoms with Gasteiger partial charge in [-0.05, 0) is 43.5 Å². The fourth-order valence-electron chi connectivity index (χ4n) is 2.60. The summed E-state index contributed by atoms with van der Waals surface area (Å²) < 4.78 is 0. The Balaban J connectivity index is 2.10. The van der Waals surface area contributed by atoms with E-state index in [2.05, 4.69) is 0 Å². The zero-order valence-corrected chi connectivity index (χ0v) is 11.5. The topological polar surface area (TPSA) is 89.4 Å². The number of carbonyl (C=O) groups is 2. The van der Waals surface area contributed by atoms with E-state index in [4.69, 9.17) is 11.5 Å². The van der Waals surface area contributed by atoms with Crippen molar-refractivity contribution in [2.75, 3.05) is 19.6 Å². The van der Waals surface area contributed by atoms with E-state index in [0.717, 1.165) is 24.8 Å². The lowest BCUT2D eigenvalue weighted by Crippen LogP contribution is -2.44. The molecular formula is C15H21N3O2. The van der Waals surface area contributed by atoms with Gasteiger partial charge in [0.25, 0.3) is 5.91 Å². The Bertz CT molecular complexity index is 502. The van der Waals surface area contributed by atoms with Crippen LogP contribution in [0.3, 0.4) is 0 Å². The Kier molecular flexibility index (Phi) is 4.74. The van der Waals surface area contributed by atoms with Crippen LogP contribution >= 0.6 is 0 Å². The number of nitrogens with two attached hydrogens (primary N) is 2. The van der Waals surface area contributed by atoms with Crippen molar-refractivity contribution in [2.24, 2.45) is 17.4 Å². The van der Waals surface area contributed by atoms with Crippen LogP contribution in [0, 0.1) is 5.92 Å². The van der Waals surface area contributed by atoms with Crippen molar-refractivity contribution in [3.05, 3.63) is 35.4 Å². The summed E-state index contributed by atoms with van der Waals surface area (Å²) >= 11 is 0. The van der Waals surface area contributed by atoms with Gasteiger partial charge in [-0.2, -0.15) is 0 Å². The maximum Gasteiger partial charge on any atom is 0.253 e. The number of benzene rings is 1. The van der Waals surface area contributed by atoms with Gasteiger partial charge in [-0.15, -0.1) is 0 Å². The number of piperidine rings is 1. The first-order valence-corrected chi connectivity index (χ1v) is 6.99. The summed E-state index contributed by atoms with van der Waals surface area (Å²) in [6.45, 7) is 1.67. The Morgan fingerprint density at radius 3 is 2.85 bits per heavy atom. The van der Waals surface area contributed by atoms with Crippen molar-refractivity contribution in [1.29, 1.82) is 0 Å². The van der Waals surface area contributed by atoms with Gasteiger partial charge in [0, 0.05) is 18.7 Å². The monoisotopic (exact) mass is 275 g/mol. The van der Waals surface area contributed by atoms with Gasteiger partial charge < -0.3 is 16.4 Å². The third-order valence-corrected chi connectivity index (χ3v) is 3.72. The summed E-state index contributed by atoms with van der Waals surface area (Å²) in [5.74, 6) is -0.575. The van der Waals surface area contributed by atoms with Crippen molar-refractivity contribution >= 4 is 11.8 Å². The molecule has 1 heterocycles. The second-order valence-electron chi connectivity index (χ2n) is 5.23. The second kappa shape index (κ2) is 6.52. The van der Waals surface area contributed by atoms with E-state index in [9.17, 15) is 9.59 Å². The maximum absolute atomic E-state index is 12.5. The van der Waals surface area contributed by atoms with Crippen molar-refractivity contribution in [3.8, 4) is 0 Å². The zero-order valence-electron chi connectivity index (χ0n) is 11.5. The third-order valence-electron chi connectivity index (χ3n) is 3.72. The van der Waals surface area contributed by atoms with Crippen molar-refractivity contribution in [3.63, 3.8) is 0 Å². The predicted octanol–water partition coefficient (Wildman–Crippen LogP) is 0.525. The summed E-state index contributed by atoms with van der Waals surface area (Å²) in [7, 11) is 0. The maximum atomic E-state index is 12.5. The van der Waals surface area contributed by atoms with Crippen LogP contribution in [-0.2, 0) is 11.2 Å². The summed E-state index contributed by atoms with van der Waals surface area (Å²) in [5, 5.41) is 0. The molecule has 1 unspecified atom stereocenters. The number of carbonyl (C=O) groups excluding carboxylic acids is 2. The average Bonchev–Trinajstić information content (AvgIpc) is 2.47. The predicted molar refractivity (Wildman–Crippen MR) is 77.0 cm³/mol. The molecule has 1 saturated heterocycles. The molecule has 1 fully saturated rings. The number of likely N-dealkylation sites (tertiary alicyclic amines) is 1. The van der Waals surface area contributed by atoms with Crippen LogP contribution in [-0.4, -0.2) is 36.3 Å². The molecule has 1 atom stereocenters. The van der Waals surface area contributed by atoms with E-state index in [0.29, 0.717) is 25.2 Å². The van der Waals surface area contributed by atoms with Crippen LogP contribution in [0.1, 0.15) is 28.8 Å². The number of primary amides is 1. The van der Waals surface area contributed by atoms with Gasteiger partial charge in [0.2, 0.25) is 5.91 Å². The van der Waals surface area contributed by atoms with Crippen molar-refractivity contribution < 1.29 is 9.59 Å². The fraction of sp³-hybridized carbons (Fsp3) is 0.467. The molecule has 4 N–H and O–H groups in total. The van der Waals surface area contributed by atoms with Crippen LogP contribution < -0.4 is 11.5 Å². The van der Waals surface area contributed by atoms with E-state index < -0.39 is 0 Å². The first-order chi connectivity index (χ1) is 9.61. The molecule has 0 saturated carbocycles. The molecule has 1 aliphatic rings. The highest BCUT2D eigenvalue weighted by Gasteiger charge is 2.27. The molecule has 5 heteroatoms. The Morgan fingerprint density at radius 2 is 2.15 bits per heavy atom. The summed E-state index contributed by atoms with van der Waals surface area (Å²) in [6, 6.07) is 7.51. The van der Waals surface area contributed by atoms with Crippen LogP contribution in [0.5, 0.6) is 0 Å². The minimum absolute atomic E-state index is 0.0326. The molecule has 0 aromatic heterocycles. The summed E-state index contributed by atoms with van der Waals surface area (Å²) in [5.41, 5.74) is 12.6. The highest BCUT2D eigenvalue weighted by Crippen LogP contribution is 2.19. The minimum Gasteiger partial charge on any atom is -0.369 e. The lowest BCUT2D eigenvalue weighted by atomic mass is 9.96. The van der Waals surface area contributed by atoms with Gasteiger partial charge in [-0.25, -0.2) is 0 Å². The third kappa shape index (κ3) is 3.36. The number of hydrogen-bond acceptors (Lipinski definition) is 3. The minimum atomic E-state index is -0.320. The molecule has 0 radical (unpaired) electrons. The standard InChI is InChI=1S/C15H21N3O2/c16-7-6-11-3-1-4-12(9-11)15(20)18-8-2-5-13(10-18)14(17)19/h1,3-4,9,13H,2,5-8,10,16H2,(H2,17,19). The van der Waals surface area contributed by atoms with Crippen molar-refractivity contribution in [2.45, 2.75) is 19.3 Å². The molecule has 1 aliphatic heterocycles. The van der Waals surface area contributed by atoms with Gasteiger partial charge in [0.1, 0.15) is 0 Å². The fourth-order valence-corrected chi connectivity index (χ4v) is 2.60. The van der Waals surface area contributed by atoms with Gasteiger partial charge in [-0.1, -0.05) is 12.1 Å². The van der Waals surface area contributed by atoms with E-state index in [-0.39, 0.29) is 17.7 Å². The highest BCUT2D eigenvalue weighted by molar-refractivity contribution is 5.94. The number of amides is 2. The van der Waals surface area contributed by atoms with Crippen LogP contribution in [0.15, 0.2) is 24.3 Å². The van der Waals surface area contributed by atoms with E-state index in [1.165, 1.54) is 0 Å². The molecule has 2 rings (SSSR count).